The molecule has 0 saturated heterocycles. The van der Waals surface area contributed by atoms with Gasteiger partial charge in [-0.25, -0.2) is 9.78 Å². The van der Waals surface area contributed by atoms with Crippen LogP contribution in [0.2, 0.25) is 0 Å². The number of hydrogen-bond donors (Lipinski definition) is 2. The summed E-state index contributed by atoms with van der Waals surface area (Å²) >= 11 is 1.50. The van der Waals surface area contributed by atoms with E-state index in [1.807, 2.05) is 18.4 Å². The highest BCUT2D eigenvalue weighted by atomic mass is 32.1. The van der Waals surface area contributed by atoms with Crippen LogP contribution >= 0.6 is 11.3 Å². The Kier molecular flexibility index (Phi) is 7.05. The van der Waals surface area contributed by atoms with E-state index in [1.165, 1.54) is 11.3 Å². The summed E-state index contributed by atoms with van der Waals surface area (Å²) in [6, 6.07) is 5.18. The molecule has 9 heteroatoms. The van der Waals surface area contributed by atoms with Crippen LogP contribution in [0.5, 0.6) is 5.75 Å². The fourth-order valence-electron chi connectivity index (χ4n) is 2.97. The number of aryl methyl sites for hydroxylation is 1. The molecule has 0 aliphatic carbocycles. The van der Waals surface area contributed by atoms with Crippen molar-refractivity contribution in [2.75, 3.05) is 6.61 Å². The average molecular weight is 402 g/mol. The first kappa shape index (κ1) is 20.4. The number of rotatable bonds is 8. The number of ether oxygens (including phenoxy) is 1. The van der Waals surface area contributed by atoms with Crippen LogP contribution in [0, 0.1) is 0 Å². The number of carbonyl (C=O) groups excluding carboxylic acids is 2. The lowest BCUT2D eigenvalue weighted by Crippen LogP contribution is -2.53. The van der Waals surface area contributed by atoms with Gasteiger partial charge in [-0.1, -0.05) is 25.5 Å². The highest BCUT2D eigenvalue weighted by molar-refractivity contribution is 7.09. The van der Waals surface area contributed by atoms with Gasteiger partial charge >= 0.3 is 13.1 Å². The van der Waals surface area contributed by atoms with E-state index in [9.17, 15) is 14.6 Å². The van der Waals surface area contributed by atoms with E-state index >= 15 is 0 Å². The molecule has 1 aromatic carbocycles. The summed E-state index contributed by atoms with van der Waals surface area (Å²) in [6.07, 6.45) is 4.64. The van der Waals surface area contributed by atoms with E-state index in [-0.39, 0.29) is 12.3 Å². The monoisotopic (exact) mass is 402 g/mol. The Morgan fingerprint density at radius 3 is 3.07 bits per heavy atom. The lowest BCUT2D eigenvalue weighted by Gasteiger charge is -2.29. The van der Waals surface area contributed by atoms with E-state index in [0.717, 1.165) is 23.4 Å². The number of nitrogens with one attached hydrogen (secondary N) is 1. The summed E-state index contributed by atoms with van der Waals surface area (Å²) < 4.78 is 10.8. The van der Waals surface area contributed by atoms with Crippen LogP contribution in [-0.2, 0) is 22.4 Å². The first-order valence-electron chi connectivity index (χ1n) is 9.40. The molecule has 1 aliphatic heterocycles. The molecule has 1 unspecified atom stereocenters. The van der Waals surface area contributed by atoms with Gasteiger partial charge in [-0.05, 0) is 24.5 Å². The van der Waals surface area contributed by atoms with Gasteiger partial charge in [0.25, 0.3) is 0 Å². The highest BCUT2D eigenvalue weighted by Crippen LogP contribution is 2.30. The third-order valence-electron chi connectivity index (χ3n) is 4.47. The normalized spacial score (nSPS) is 15.5. The summed E-state index contributed by atoms with van der Waals surface area (Å²) in [6.45, 7) is 2.36. The van der Waals surface area contributed by atoms with Crippen molar-refractivity contribution >= 4 is 30.3 Å². The van der Waals surface area contributed by atoms with Gasteiger partial charge in [-0.15, -0.1) is 11.3 Å². The number of aromatic nitrogens is 1. The molecule has 1 amide bonds. The zero-order valence-electron chi connectivity index (χ0n) is 15.7. The van der Waals surface area contributed by atoms with Crippen molar-refractivity contribution in [2.24, 2.45) is 0 Å². The maximum atomic E-state index is 12.3. The van der Waals surface area contributed by atoms with Gasteiger partial charge in [-0.2, -0.15) is 0 Å². The van der Waals surface area contributed by atoms with Crippen LogP contribution in [0.25, 0.3) is 0 Å². The van der Waals surface area contributed by atoms with E-state index in [1.54, 1.807) is 18.3 Å². The number of esters is 1. The van der Waals surface area contributed by atoms with Crippen molar-refractivity contribution in [2.45, 2.75) is 45.0 Å². The minimum atomic E-state index is -1.24. The largest absolute Gasteiger partial charge is 0.547 e. The number of amides is 1. The molecular weight excluding hydrogens is 379 g/mol. The van der Waals surface area contributed by atoms with Crippen LogP contribution in [0.1, 0.15) is 47.1 Å². The second kappa shape index (κ2) is 9.70. The number of benzene rings is 1. The molecule has 0 fully saturated rings. The Bertz CT molecular complexity index is 815. The van der Waals surface area contributed by atoms with Crippen molar-refractivity contribution < 1.29 is 24.0 Å². The minimum Gasteiger partial charge on any atom is -0.534 e. The summed E-state index contributed by atoms with van der Waals surface area (Å²) in [7, 11) is -1.24. The van der Waals surface area contributed by atoms with E-state index < -0.39 is 19.0 Å². The Labute approximate surface area is 168 Å². The predicted molar refractivity (Wildman–Crippen MR) is 106 cm³/mol. The molecule has 2 aromatic rings. The summed E-state index contributed by atoms with van der Waals surface area (Å²) in [4.78, 5) is 28.7. The Balaban J connectivity index is 1.61. The number of hydrogen-bond acceptors (Lipinski definition) is 7. The first-order valence-corrected chi connectivity index (χ1v) is 10.3. The van der Waals surface area contributed by atoms with Crippen molar-refractivity contribution in [3.8, 4) is 5.75 Å². The molecule has 1 atom stereocenters. The summed E-state index contributed by atoms with van der Waals surface area (Å²) in [5.74, 6) is -0.905. The lowest BCUT2D eigenvalue weighted by atomic mass is 9.72. The van der Waals surface area contributed by atoms with Crippen LogP contribution in [0.15, 0.2) is 29.8 Å². The summed E-state index contributed by atoms with van der Waals surface area (Å²) in [5.41, 5.74) is 1.04. The van der Waals surface area contributed by atoms with Gasteiger partial charge in [0.05, 0.1) is 17.6 Å². The first-order chi connectivity index (χ1) is 13.6. The van der Waals surface area contributed by atoms with Gasteiger partial charge in [0.1, 0.15) is 11.3 Å². The zero-order valence-corrected chi connectivity index (χ0v) is 16.5. The average Bonchev–Trinajstić information content (AvgIpc) is 3.20. The van der Waals surface area contributed by atoms with Crippen molar-refractivity contribution in [3.63, 3.8) is 0 Å². The third-order valence-corrected chi connectivity index (χ3v) is 5.31. The summed E-state index contributed by atoms with van der Waals surface area (Å²) in [5, 5.41) is 15.9. The zero-order chi connectivity index (χ0) is 19.9. The van der Waals surface area contributed by atoms with Crippen LogP contribution < -0.4 is 9.97 Å². The molecule has 148 valence electrons. The van der Waals surface area contributed by atoms with Gasteiger partial charge in [0, 0.05) is 24.4 Å². The predicted octanol–water partition coefficient (Wildman–Crippen LogP) is 2.17. The molecule has 3 rings (SSSR count). The molecule has 0 spiro atoms. The van der Waals surface area contributed by atoms with Gasteiger partial charge in [-0.3, -0.25) is 4.79 Å². The van der Waals surface area contributed by atoms with Crippen molar-refractivity contribution in [3.05, 3.63) is 45.9 Å². The molecule has 0 bridgehead atoms. The maximum absolute atomic E-state index is 12.3. The fraction of sp³-hybridized carbons (Fsp3) is 0.421. The topological polar surface area (TPSA) is 97.8 Å². The van der Waals surface area contributed by atoms with Crippen LogP contribution in [-0.4, -0.2) is 41.6 Å². The maximum Gasteiger partial charge on any atom is 0.547 e. The van der Waals surface area contributed by atoms with Crippen molar-refractivity contribution in [1.29, 1.82) is 0 Å². The molecule has 7 nitrogen and oxygen atoms in total. The second-order valence-electron chi connectivity index (χ2n) is 6.60. The Hall–Kier alpha value is -2.39. The second-order valence-corrected chi connectivity index (χ2v) is 7.57. The van der Waals surface area contributed by atoms with Crippen molar-refractivity contribution in [1.82, 2.24) is 10.3 Å². The molecule has 2 N–H and O–H groups in total. The smallest absolute Gasteiger partial charge is 0.534 e. The van der Waals surface area contributed by atoms with Gasteiger partial charge in [0.2, 0.25) is 5.91 Å². The molecule has 2 heterocycles. The number of unbranched alkanes of at least 4 members (excludes halogenated alkanes) is 1. The van der Waals surface area contributed by atoms with E-state index in [0.29, 0.717) is 30.8 Å². The lowest BCUT2D eigenvalue weighted by molar-refractivity contribution is -0.121. The molecule has 1 aromatic heterocycles. The SMILES string of the molecule is CCCCOC(=O)c1cccc2c1OB(O)C(NC(=O)CCc1nccs1)C2. The Morgan fingerprint density at radius 1 is 1.46 bits per heavy atom. The van der Waals surface area contributed by atoms with Gasteiger partial charge < -0.3 is 19.7 Å². The number of fused-ring (bicyclic) bond motifs is 1. The molecule has 0 radical (unpaired) electrons. The molecule has 1 aliphatic rings. The number of para-hydroxylation sites is 1. The molecular formula is C19H23BN2O5S. The van der Waals surface area contributed by atoms with E-state index in [4.69, 9.17) is 9.39 Å². The number of nitrogens with zero attached hydrogens (tertiary/aromatic N) is 1. The fourth-order valence-corrected chi connectivity index (χ4v) is 3.59. The van der Waals surface area contributed by atoms with E-state index in [2.05, 4.69) is 10.3 Å². The standard InChI is InChI=1S/C19H23BN2O5S/c1-2-3-10-26-19(24)14-6-4-5-13-12-15(20(25)27-18(13)14)22-16(23)7-8-17-21-9-11-28-17/h4-6,9,11,15,25H,2-3,7-8,10,12H2,1H3,(H,22,23). The number of thiazole rings is 1. The Morgan fingerprint density at radius 2 is 2.32 bits per heavy atom. The minimum absolute atomic E-state index is 0.179. The van der Waals surface area contributed by atoms with Crippen LogP contribution in [0.3, 0.4) is 0 Å². The molecule has 0 saturated carbocycles. The van der Waals surface area contributed by atoms with Crippen LogP contribution in [0.4, 0.5) is 0 Å². The number of carbonyl (C=O) groups is 2. The molecule has 28 heavy (non-hydrogen) atoms. The highest BCUT2D eigenvalue weighted by Gasteiger charge is 2.37. The third kappa shape index (κ3) is 5.11. The van der Waals surface area contributed by atoms with Gasteiger partial charge in [0.15, 0.2) is 0 Å². The quantitative estimate of drug-likeness (QED) is 0.399.